The summed E-state index contributed by atoms with van der Waals surface area (Å²) in [4.78, 5) is 17.2. The number of carboxylic acids is 1. The fourth-order valence-electron chi connectivity index (χ4n) is 3.06. The molecule has 1 aliphatic rings. The summed E-state index contributed by atoms with van der Waals surface area (Å²) in [5, 5.41) is 13.2. The van der Waals surface area contributed by atoms with E-state index in [0.717, 1.165) is 23.4 Å². The number of methoxy groups -OCH3 is 1. The van der Waals surface area contributed by atoms with Crippen LogP contribution in [0.2, 0.25) is 0 Å². The number of carboxylic acid groups (broad SMARTS) is 1. The second-order valence-electron chi connectivity index (χ2n) is 6.04. The van der Waals surface area contributed by atoms with E-state index in [1.807, 2.05) is 12.1 Å². The van der Waals surface area contributed by atoms with Crippen LogP contribution in [0.4, 0.5) is 0 Å². The average molecular weight is 346 g/mol. The van der Waals surface area contributed by atoms with E-state index in [0.29, 0.717) is 26.3 Å². The molecule has 1 N–H and O–H groups in total. The fraction of sp³-hybridized carbons (Fsp3) is 0.471. The van der Waals surface area contributed by atoms with Crippen molar-refractivity contribution in [2.24, 2.45) is 0 Å². The first-order valence-corrected chi connectivity index (χ1v) is 8.17. The first-order valence-electron chi connectivity index (χ1n) is 8.17. The molecule has 0 bridgehead atoms. The molecule has 2 aromatic rings. The first kappa shape index (κ1) is 17.4. The Bertz CT molecular complexity index is 705. The van der Waals surface area contributed by atoms with E-state index in [1.165, 1.54) is 6.33 Å². The summed E-state index contributed by atoms with van der Waals surface area (Å²) in [6.45, 7) is 3.04. The molecule has 1 aromatic heterocycles. The van der Waals surface area contributed by atoms with Crippen molar-refractivity contribution in [2.45, 2.75) is 25.6 Å². The number of aromatic nitrogens is 3. The van der Waals surface area contributed by atoms with Crippen molar-refractivity contribution in [3.05, 3.63) is 42.0 Å². The third-order valence-electron chi connectivity index (χ3n) is 4.29. The molecule has 25 heavy (non-hydrogen) atoms. The van der Waals surface area contributed by atoms with E-state index in [4.69, 9.17) is 14.6 Å². The monoisotopic (exact) mass is 346 g/mol. The lowest BCUT2D eigenvalue weighted by Crippen LogP contribution is -2.45. The Hall–Kier alpha value is -2.45. The maximum Gasteiger partial charge on any atom is 0.305 e. The highest BCUT2D eigenvalue weighted by atomic mass is 16.5. The van der Waals surface area contributed by atoms with Gasteiger partial charge in [0.05, 0.1) is 33.3 Å². The molecule has 0 saturated carbocycles. The zero-order valence-corrected chi connectivity index (χ0v) is 14.2. The van der Waals surface area contributed by atoms with Crippen molar-refractivity contribution in [3.8, 4) is 5.75 Å². The molecular formula is C17H22N4O4. The number of carbonyl (C=O) groups is 1. The zero-order valence-electron chi connectivity index (χ0n) is 14.2. The minimum absolute atomic E-state index is 0.0853. The third-order valence-corrected chi connectivity index (χ3v) is 4.29. The van der Waals surface area contributed by atoms with Gasteiger partial charge in [-0.2, -0.15) is 5.10 Å². The highest BCUT2D eigenvalue weighted by molar-refractivity contribution is 5.67. The average Bonchev–Trinajstić information content (AvgIpc) is 3.09. The molecule has 1 saturated heterocycles. The number of morpholine rings is 1. The normalized spacial score (nSPS) is 18.2. The van der Waals surface area contributed by atoms with Crippen molar-refractivity contribution in [3.63, 3.8) is 0 Å². The predicted molar refractivity (Wildman–Crippen MR) is 89.4 cm³/mol. The van der Waals surface area contributed by atoms with Gasteiger partial charge in [-0.3, -0.25) is 9.69 Å². The van der Waals surface area contributed by atoms with Gasteiger partial charge in [-0.25, -0.2) is 9.67 Å². The summed E-state index contributed by atoms with van der Waals surface area (Å²) >= 11 is 0. The molecule has 1 atom stereocenters. The Morgan fingerprint density at radius 3 is 3.04 bits per heavy atom. The van der Waals surface area contributed by atoms with Gasteiger partial charge in [0, 0.05) is 24.7 Å². The van der Waals surface area contributed by atoms with Gasteiger partial charge in [0.2, 0.25) is 0 Å². The van der Waals surface area contributed by atoms with E-state index in [1.54, 1.807) is 18.1 Å². The standard InChI is InChI=1S/C17H22N4O4/c1-24-16-3-2-13(6-14(16)9-21-12-18-11-19-21)8-20-4-5-25-10-15(20)7-17(22)23/h2-3,6,11-12,15H,4-5,7-10H2,1H3,(H,22,23)/t15-/m0/s1. The van der Waals surface area contributed by atoms with Crippen LogP contribution in [0.3, 0.4) is 0 Å². The minimum Gasteiger partial charge on any atom is -0.496 e. The highest BCUT2D eigenvalue weighted by Gasteiger charge is 2.25. The third kappa shape index (κ3) is 4.55. The summed E-state index contributed by atoms with van der Waals surface area (Å²) in [5.74, 6) is -0.00887. The second-order valence-corrected chi connectivity index (χ2v) is 6.04. The molecule has 0 unspecified atom stereocenters. The quantitative estimate of drug-likeness (QED) is 0.800. The van der Waals surface area contributed by atoms with E-state index in [9.17, 15) is 4.79 Å². The number of hydrogen-bond donors (Lipinski definition) is 1. The van der Waals surface area contributed by atoms with Crippen LogP contribution in [-0.4, -0.2) is 63.7 Å². The highest BCUT2D eigenvalue weighted by Crippen LogP contribution is 2.23. The molecule has 1 aromatic carbocycles. The van der Waals surface area contributed by atoms with E-state index < -0.39 is 5.97 Å². The molecule has 1 aliphatic heterocycles. The number of hydrogen-bond acceptors (Lipinski definition) is 6. The molecule has 8 nitrogen and oxygen atoms in total. The van der Waals surface area contributed by atoms with Gasteiger partial charge < -0.3 is 14.6 Å². The molecule has 8 heteroatoms. The zero-order chi connectivity index (χ0) is 17.6. The van der Waals surface area contributed by atoms with Crippen molar-refractivity contribution >= 4 is 5.97 Å². The molecule has 3 rings (SSSR count). The topological polar surface area (TPSA) is 89.7 Å². The first-order chi connectivity index (χ1) is 12.2. The van der Waals surface area contributed by atoms with Crippen LogP contribution in [0.15, 0.2) is 30.9 Å². The molecular weight excluding hydrogens is 324 g/mol. The number of aliphatic carboxylic acids is 1. The van der Waals surface area contributed by atoms with Crippen LogP contribution in [0, 0.1) is 0 Å². The van der Waals surface area contributed by atoms with Gasteiger partial charge >= 0.3 is 5.97 Å². The summed E-state index contributed by atoms with van der Waals surface area (Å²) in [6, 6.07) is 5.92. The lowest BCUT2D eigenvalue weighted by molar-refractivity contribution is -0.140. The second kappa shape index (κ2) is 8.09. The van der Waals surface area contributed by atoms with Crippen LogP contribution >= 0.6 is 0 Å². The van der Waals surface area contributed by atoms with E-state index in [-0.39, 0.29) is 12.5 Å². The lowest BCUT2D eigenvalue weighted by atomic mass is 10.1. The predicted octanol–water partition coefficient (Wildman–Crippen LogP) is 1.01. The lowest BCUT2D eigenvalue weighted by Gasteiger charge is -2.34. The summed E-state index contributed by atoms with van der Waals surface area (Å²) in [5.41, 5.74) is 2.11. The van der Waals surface area contributed by atoms with Crippen molar-refractivity contribution in [2.75, 3.05) is 26.9 Å². The molecule has 2 heterocycles. The maximum absolute atomic E-state index is 11.1. The number of nitrogens with zero attached hydrogens (tertiary/aromatic N) is 4. The molecule has 1 fully saturated rings. The van der Waals surface area contributed by atoms with Gasteiger partial charge in [0.25, 0.3) is 0 Å². The smallest absolute Gasteiger partial charge is 0.305 e. The van der Waals surface area contributed by atoms with Gasteiger partial charge in [0.15, 0.2) is 0 Å². The van der Waals surface area contributed by atoms with E-state index in [2.05, 4.69) is 21.0 Å². The molecule has 0 aliphatic carbocycles. The van der Waals surface area contributed by atoms with Crippen LogP contribution in [0.1, 0.15) is 17.5 Å². The Balaban J connectivity index is 1.76. The van der Waals surface area contributed by atoms with Crippen LogP contribution in [0.5, 0.6) is 5.75 Å². The largest absolute Gasteiger partial charge is 0.496 e. The van der Waals surface area contributed by atoms with Crippen molar-refractivity contribution in [1.82, 2.24) is 19.7 Å². The van der Waals surface area contributed by atoms with Gasteiger partial charge in [-0.05, 0) is 17.7 Å². The SMILES string of the molecule is COc1ccc(CN2CCOC[C@@H]2CC(=O)O)cc1Cn1cncn1. The number of ether oxygens (including phenoxy) is 2. The Labute approximate surface area is 146 Å². The van der Waals surface area contributed by atoms with Gasteiger partial charge in [0.1, 0.15) is 18.4 Å². The van der Waals surface area contributed by atoms with Crippen LogP contribution in [-0.2, 0) is 22.6 Å². The van der Waals surface area contributed by atoms with Crippen LogP contribution < -0.4 is 4.74 Å². The number of rotatable bonds is 7. The summed E-state index contributed by atoms with van der Waals surface area (Å²) in [7, 11) is 1.64. The number of benzene rings is 1. The van der Waals surface area contributed by atoms with Gasteiger partial charge in [-0.15, -0.1) is 0 Å². The molecule has 0 amide bonds. The Morgan fingerprint density at radius 1 is 1.44 bits per heavy atom. The Morgan fingerprint density at radius 2 is 2.32 bits per heavy atom. The van der Waals surface area contributed by atoms with E-state index >= 15 is 0 Å². The van der Waals surface area contributed by atoms with Crippen molar-refractivity contribution < 1.29 is 19.4 Å². The molecule has 134 valence electrons. The minimum atomic E-state index is -0.804. The maximum atomic E-state index is 11.1. The molecule has 0 radical (unpaired) electrons. The fourth-order valence-corrected chi connectivity index (χ4v) is 3.06. The van der Waals surface area contributed by atoms with Crippen LogP contribution in [0.25, 0.3) is 0 Å². The summed E-state index contributed by atoms with van der Waals surface area (Å²) in [6.07, 6.45) is 3.25. The van der Waals surface area contributed by atoms with Gasteiger partial charge in [-0.1, -0.05) is 6.07 Å². The van der Waals surface area contributed by atoms with Crippen molar-refractivity contribution in [1.29, 1.82) is 0 Å². The summed E-state index contributed by atoms with van der Waals surface area (Å²) < 4.78 is 12.6. The molecule has 0 spiro atoms. The Kier molecular flexibility index (Phi) is 5.62.